The summed E-state index contributed by atoms with van der Waals surface area (Å²) < 4.78 is 5.18. The van der Waals surface area contributed by atoms with Gasteiger partial charge in [-0.15, -0.1) is 0 Å². The van der Waals surface area contributed by atoms with Gasteiger partial charge in [-0.05, 0) is 36.8 Å². The molecule has 3 rings (SSSR count). The van der Waals surface area contributed by atoms with Crippen molar-refractivity contribution in [2.24, 2.45) is 0 Å². The third kappa shape index (κ3) is 5.19. The normalized spacial score (nSPS) is 11.5. The number of benzene rings is 3. The highest BCUT2D eigenvalue weighted by molar-refractivity contribution is 5.96. The van der Waals surface area contributed by atoms with Crippen molar-refractivity contribution in [1.29, 1.82) is 0 Å². The average molecular weight is 390 g/mol. The molecule has 148 valence electrons. The summed E-state index contributed by atoms with van der Waals surface area (Å²) in [6.45, 7) is 1.96. The highest BCUT2D eigenvalue weighted by atomic mass is 16.6. The molecule has 0 aliphatic rings. The molecule has 1 unspecified atom stereocenters. The Morgan fingerprint density at radius 3 is 2.38 bits per heavy atom. The SMILES string of the molecule is COc1ccc(NC(CC(=O)c2ccc(C)cc2)c2cccc([N+](=O)[O-])c2)cc1. The summed E-state index contributed by atoms with van der Waals surface area (Å²) in [5, 5.41) is 14.5. The fraction of sp³-hybridized carbons (Fsp3) is 0.174. The smallest absolute Gasteiger partial charge is 0.269 e. The number of nitrogens with one attached hydrogen (secondary N) is 1. The maximum atomic E-state index is 12.9. The van der Waals surface area contributed by atoms with Crippen molar-refractivity contribution in [3.05, 3.63) is 99.6 Å². The van der Waals surface area contributed by atoms with Crippen molar-refractivity contribution in [3.63, 3.8) is 0 Å². The van der Waals surface area contributed by atoms with E-state index in [9.17, 15) is 14.9 Å². The topological polar surface area (TPSA) is 81.5 Å². The molecule has 0 heterocycles. The molecule has 0 saturated carbocycles. The van der Waals surface area contributed by atoms with E-state index in [1.54, 1.807) is 31.4 Å². The van der Waals surface area contributed by atoms with E-state index in [1.165, 1.54) is 12.1 Å². The predicted octanol–water partition coefficient (Wildman–Crippen LogP) is 5.34. The Morgan fingerprint density at radius 1 is 1.07 bits per heavy atom. The summed E-state index contributed by atoms with van der Waals surface area (Å²) in [4.78, 5) is 23.6. The Balaban J connectivity index is 1.89. The maximum absolute atomic E-state index is 12.9. The van der Waals surface area contributed by atoms with Gasteiger partial charge in [0.25, 0.3) is 5.69 Å². The van der Waals surface area contributed by atoms with Crippen molar-refractivity contribution in [3.8, 4) is 5.75 Å². The molecular formula is C23H22N2O4. The summed E-state index contributed by atoms with van der Waals surface area (Å²) in [6.07, 6.45) is 0.163. The molecule has 0 aromatic heterocycles. The van der Waals surface area contributed by atoms with E-state index in [1.807, 2.05) is 43.3 Å². The second-order valence-corrected chi connectivity index (χ2v) is 6.77. The Kier molecular flexibility index (Phi) is 6.24. The Labute approximate surface area is 169 Å². The lowest BCUT2D eigenvalue weighted by atomic mass is 9.96. The van der Waals surface area contributed by atoms with E-state index in [2.05, 4.69) is 5.32 Å². The predicted molar refractivity (Wildman–Crippen MR) is 113 cm³/mol. The van der Waals surface area contributed by atoms with Crippen LogP contribution < -0.4 is 10.1 Å². The first kappa shape index (κ1) is 20.1. The molecule has 0 amide bonds. The van der Waals surface area contributed by atoms with Gasteiger partial charge in [-0.1, -0.05) is 42.0 Å². The minimum absolute atomic E-state index is 0.00758. The largest absolute Gasteiger partial charge is 0.497 e. The lowest BCUT2D eigenvalue weighted by Gasteiger charge is -2.20. The van der Waals surface area contributed by atoms with E-state index in [4.69, 9.17) is 4.74 Å². The Morgan fingerprint density at radius 2 is 1.76 bits per heavy atom. The Bertz CT molecular complexity index is 998. The molecule has 0 aliphatic heterocycles. The third-order valence-electron chi connectivity index (χ3n) is 4.68. The molecule has 6 heteroatoms. The monoisotopic (exact) mass is 390 g/mol. The lowest BCUT2D eigenvalue weighted by molar-refractivity contribution is -0.384. The van der Waals surface area contributed by atoms with Crippen LogP contribution in [0.4, 0.5) is 11.4 Å². The quantitative estimate of drug-likeness (QED) is 0.319. The van der Waals surface area contributed by atoms with Crippen molar-refractivity contribution in [2.75, 3.05) is 12.4 Å². The van der Waals surface area contributed by atoms with E-state index >= 15 is 0 Å². The Hall–Kier alpha value is -3.67. The summed E-state index contributed by atoms with van der Waals surface area (Å²) in [7, 11) is 1.59. The van der Waals surface area contributed by atoms with Crippen LogP contribution in [0.1, 0.15) is 33.9 Å². The number of rotatable bonds is 8. The van der Waals surface area contributed by atoms with Crippen molar-refractivity contribution < 1.29 is 14.5 Å². The van der Waals surface area contributed by atoms with Gasteiger partial charge in [0.05, 0.1) is 18.1 Å². The number of hydrogen-bond donors (Lipinski definition) is 1. The number of nitro groups is 1. The number of non-ortho nitro benzene ring substituents is 1. The summed E-state index contributed by atoms with van der Waals surface area (Å²) in [6, 6.07) is 20.7. The molecule has 1 N–H and O–H groups in total. The number of nitro benzene ring substituents is 1. The molecule has 0 fully saturated rings. The summed E-state index contributed by atoms with van der Waals surface area (Å²) in [5.41, 5.74) is 3.15. The van der Waals surface area contributed by atoms with Crippen molar-refractivity contribution >= 4 is 17.2 Å². The zero-order chi connectivity index (χ0) is 20.8. The fourth-order valence-electron chi connectivity index (χ4n) is 3.04. The molecule has 0 bridgehead atoms. The van der Waals surface area contributed by atoms with Crippen LogP contribution >= 0.6 is 0 Å². The first-order chi connectivity index (χ1) is 14.0. The van der Waals surface area contributed by atoms with Crippen LogP contribution in [0, 0.1) is 17.0 Å². The lowest BCUT2D eigenvalue weighted by Crippen LogP contribution is -2.16. The summed E-state index contributed by atoms with van der Waals surface area (Å²) in [5.74, 6) is 0.681. The number of carbonyl (C=O) groups is 1. The van der Waals surface area contributed by atoms with Crippen LogP contribution in [0.25, 0.3) is 0 Å². The number of methoxy groups -OCH3 is 1. The molecule has 3 aromatic carbocycles. The highest BCUT2D eigenvalue weighted by Crippen LogP contribution is 2.28. The molecule has 0 radical (unpaired) electrons. The van der Waals surface area contributed by atoms with Crippen molar-refractivity contribution in [2.45, 2.75) is 19.4 Å². The van der Waals surface area contributed by atoms with E-state index in [-0.39, 0.29) is 17.9 Å². The minimum Gasteiger partial charge on any atom is -0.497 e. The maximum Gasteiger partial charge on any atom is 0.269 e. The zero-order valence-corrected chi connectivity index (χ0v) is 16.3. The molecule has 1 atom stereocenters. The number of carbonyl (C=O) groups excluding carboxylic acids is 1. The van der Waals surface area contributed by atoms with Gasteiger partial charge >= 0.3 is 0 Å². The van der Waals surface area contributed by atoms with Crippen LogP contribution in [-0.4, -0.2) is 17.8 Å². The number of anilines is 1. The highest BCUT2D eigenvalue weighted by Gasteiger charge is 2.19. The van der Waals surface area contributed by atoms with Crippen LogP contribution in [0.15, 0.2) is 72.8 Å². The van der Waals surface area contributed by atoms with Gasteiger partial charge in [-0.25, -0.2) is 0 Å². The van der Waals surface area contributed by atoms with Crippen LogP contribution in [0.3, 0.4) is 0 Å². The van der Waals surface area contributed by atoms with Gasteiger partial charge < -0.3 is 10.1 Å². The molecule has 29 heavy (non-hydrogen) atoms. The summed E-state index contributed by atoms with van der Waals surface area (Å²) >= 11 is 0. The second kappa shape index (κ2) is 9.01. The van der Waals surface area contributed by atoms with Crippen molar-refractivity contribution in [1.82, 2.24) is 0 Å². The molecule has 3 aromatic rings. The molecule has 0 spiro atoms. The first-order valence-corrected chi connectivity index (χ1v) is 9.21. The van der Waals surface area contributed by atoms with E-state index in [0.717, 1.165) is 17.0 Å². The number of ether oxygens (including phenoxy) is 1. The van der Waals surface area contributed by atoms with Crippen LogP contribution in [0.5, 0.6) is 5.75 Å². The van der Waals surface area contributed by atoms with Gasteiger partial charge in [0.1, 0.15) is 5.75 Å². The van der Waals surface area contributed by atoms with Crippen LogP contribution in [0.2, 0.25) is 0 Å². The van der Waals surface area contributed by atoms with Gasteiger partial charge in [0.15, 0.2) is 5.78 Å². The van der Waals surface area contributed by atoms with E-state index < -0.39 is 11.0 Å². The molecule has 6 nitrogen and oxygen atoms in total. The fourth-order valence-corrected chi connectivity index (χ4v) is 3.04. The number of hydrogen-bond acceptors (Lipinski definition) is 5. The molecule has 0 aliphatic carbocycles. The second-order valence-electron chi connectivity index (χ2n) is 6.77. The first-order valence-electron chi connectivity index (χ1n) is 9.21. The minimum atomic E-state index is -0.435. The number of ketones is 1. The average Bonchev–Trinajstić information content (AvgIpc) is 2.74. The zero-order valence-electron chi connectivity index (χ0n) is 16.3. The van der Waals surface area contributed by atoms with Gasteiger partial charge in [0, 0.05) is 29.8 Å². The van der Waals surface area contributed by atoms with Crippen LogP contribution in [-0.2, 0) is 0 Å². The molecular weight excluding hydrogens is 368 g/mol. The number of nitrogens with zero attached hydrogens (tertiary/aromatic N) is 1. The molecule has 0 saturated heterocycles. The number of Topliss-reactive ketones (excluding diaryl/α,β-unsaturated/α-hetero) is 1. The number of aryl methyl sites for hydroxylation is 1. The standard InChI is InChI=1S/C23H22N2O4/c1-16-6-8-17(9-7-16)23(26)15-22(18-4-3-5-20(14-18)25(27)28)24-19-10-12-21(29-2)13-11-19/h3-14,22,24H,15H2,1-2H3. The van der Waals surface area contributed by atoms with Gasteiger partial charge in [-0.2, -0.15) is 0 Å². The van der Waals surface area contributed by atoms with E-state index in [0.29, 0.717) is 11.1 Å². The third-order valence-corrected chi connectivity index (χ3v) is 4.68. The van der Waals surface area contributed by atoms with Gasteiger partial charge in [0.2, 0.25) is 0 Å². The van der Waals surface area contributed by atoms with Gasteiger partial charge in [-0.3, -0.25) is 14.9 Å².